The first-order chi connectivity index (χ1) is 14.5. The molecular formula is C20H22N8O2. The third-order valence-corrected chi connectivity index (χ3v) is 5.68. The number of hydrogen-bond donors (Lipinski definition) is 0. The van der Waals surface area contributed by atoms with Gasteiger partial charge in [-0.15, -0.1) is 15.3 Å². The highest BCUT2D eigenvalue weighted by Crippen LogP contribution is 2.27. The molecule has 1 saturated heterocycles. The molecule has 1 amide bonds. The largest absolute Gasteiger partial charge is 0.481 e. The summed E-state index contributed by atoms with van der Waals surface area (Å²) in [5.74, 6) is 2.26. The molecule has 0 aliphatic carbocycles. The first kappa shape index (κ1) is 18.3. The molecule has 4 heterocycles. The van der Waals surface area contributed by atoms with E-state index in [1.54, 1.807) is 21.2 Å². The number of hydrogen-bond acceptors (Lipinski definition) is 7. The quantitative estimate of drug-likeness (QED) is 0.504. The number of carbonyl (C=O) groups excluding carboxylic acids is 1. The number of nitrogens with zero attached hydrogens (tertiary/aromatic N) is 8. The van der Waals surface area contributed by atoms with E-state index >= 15 is 0 Å². The van der Waals surface area contributed by atoms with E-state index in [2.05, 4.69) is 25.3 Å². The Morgan fingerprint density at radius 3 is 2.73 bits per heavy atom. The van der Waals surface area contributed by atoms with Crippen LogP contribution in [-0.4, -0.2) is 73.7 Å². The lowest BCUT2D eigenvalue weighted by Crippen LogP contribution is -2.60. The Kier molecular flexibility index (Phi) is 4.09. The Bertz CT molecular complexity index is 1270. The molecule has 0 unspecified atom stereocenters. The van der Waals surface area contributed by atoms with Crippen molar-refractivity contribution in [1.29, 1.82) is 0 Å². The highest BCUT2D eigenvalue weighted by molar-refractivity contribution is 5.99. The molecule has 0 atom stereocenters. The standard InChI is InChI=1S/C20H22N8O2/c1-12-21-22-17-7-8-18(24-28(12)17)27-10-14(11-27)25(2)19(29)13-5-6-15-16(9-13)23-26(3)20(15)30-4/h5-9,14H,10-11H2,1-4H3. The fourth-order valence-electron chi connectivity index (χ4n) is 3.86. The number of anilines is 1. The maximum atomic E-state index is 13.0. The van der Waals surface area contributed by atoms with E-state index in [4.69, 9.17) is 4.74 Å². The number of rotatable bonds is 4. The summed E-state index contributed by atoms with van der Waals surface area (Å²) in [5, 5.41) is 18.0. The van der Waals surface area contributed by atoms with Crippen LogP contribution in [0.1, 0.15) is 16.2 Å². The van der Waals surface area contributed by atoms with Gasteiger partial charge < -0.3 is 14.5 Å². The summed E-state index contributed by atoms with van der Waals surface area (Å²) >= 11 is 0. The molecule has 0 saturated carbocycles. The second-order valence-electron chi connectivity index (χ2n) is 7.55. The van der Waals surface area contributed by atoms with Crippen molar-refractivity contribution in [3.8, 4) is 5.88 Å². The van der Waals surface area contributed by atoms with Gasteiger partial charge in [0.15, 0.2) is 11.5 Å². The minimum atomic E-state index is -0.0239. The highest BCUT2D eigenvalue weighted by atomic mass is 16.5. The Labute approximate surface area is 172 Å². The number of carbonyl (C=O) groups is 1. The number of methoxy groups -OCH3 is 1. The van der Waals surface area contributed by atoms with Crippen molar-refractivity contribution in [3.05, 3.63) is 41.7 Å². The van der Waals surface area contributed by atoms with Gasteiger partial charge in [0, 0.05) is 32.7 Å². The summed E-state index contributed by atoms with van der Waals surface area (Å²) in [4.78, 5) is 16.9. The molecule has 3 aromatic heterocycles. The second kappa shape index (κ2) is 6.68. The van der Waals surface area contributed by atoms with Crippen molar-refractivity contribution in [3.63, 3.8) is 0 Å². The van der Waals surface area contributed by atoms with E-state index in [9.17, 15) is 4.79 Å². The first-order valence-electron chi connectivity index (χ1n) is 9.68. The SMILES string of the molecule is COc1c2ccc(C(=O)N(C)C3CN(c4ccc5nnc(C)n5n4)C3)cc2nn1C. The zero-order valence-electron chi connectivity index (χ0n) is 17.3. The zero-order chi connectivity index (χ0) is 21.0. The summed E-state index contributed by atoms with van der Waals surface area (Å²) in [6.45, 7) is 3.32. The van der Waals surface area contributed by atoms with Gasteiger partial charge >= 0.3 is 0 Å². The lowest BCUT2D eigenvalue weighted by atomic mass is 10.1. The van der Waals surface area contributed by atoms with Crippen molar-refractivity contribution < 1.29 is 9.53 Å². The van der Waals surface area contributed by atoms with Gasteiger partial charge in [0.25, 0.3) is 5.91 Å². The van der Waals surface area contributed by atoms with E-state index in [1.165, 1.54) is 0 Å². The van der Waals surface area contributed by atoms with Crippen LogP contribution in [0.15, 0.2) is 30.3 Å². The average molecular weight is 406 g/mol. The second-order valence-corrected chi connectivity index (χ2v) is 7.55. The normalized spacial score (nSPS) is 14.3. The summed E-state index contributed by atoms with van der Waals surface area (Å²) in [6.07, 6.45) is 0. The molecule has 0 spiro atoms. The van der Waals surface area contributed by atoms with Crippen molar-refractivity contribution in [2.45, 2.75) is 13.0 Å². The summed E-state index contributed by atoms with van der Waals surface area (Å²) in [5.41, 5.74) is 2.08. The van der Waals surface area contributed by atoms with Crippen LogP contribution in [0, 0.1) is 6.92 Å². The van der Waals surface area contributed by atoms with Crippen molar-refractivity contribution in [2.75, 3.05) is 32.1 Å². The van der Waals surface area contributed by atoms with Gasteiger partial charge in [-0.1, -0.05) is 0 Å². The molecule has 154 valence electrons. The van der Waals surface area contributed by atoms with Gasteiger partial charge in [0.05, 0.1) is 24.1 Å². The third kappa shape index (κ3) is 2.75. The number of aryl methyl sites for hydroxylation is 2. The topological polar surface area (TPSA) is 93.7 Å². The van der Waals surface area contributed by atoms with Crippen LogP contribution < -0.4 is 9.64 Å². The average Bonchev–Trinajstić information content (AvgIpc) is 3.24. The van der Waals surface area contributed by atoms with Gasteiger partial charge in [0.1, 0.15) is 5.82 Å². The Hall–Kier alpha value is -3.69. The summed E-state index contributed by atoms with van der Waals surface area (Å²) < 4.78 is 8.78. The van der Waals surface area contributed by atoms with Crippen LogP contribution >= 0.6 is 0 Å². The number of aromatic nitrogens is 6. The summed E-state index contributed by atoms with van der Waals surface area (Å²) in [6, 6.07) is 9.48. The third-order valence-electron chi connectivity index (χ3n) is 5.68. The number of amides is 1. The fourth-order valence-corrected chi connectivity index (χ4v) is 3.86. The Morgan fingerprint density at radius 1 is 1.17 bits per heavy atom. The minimum absolute atomic E-state index is 0.0239. The molecule has 5 rings (SSSR count). The van der Waals surface area contributed by atoms with Crippen LogP contribution in [0.3, 0.4) is 0 Å². The van der Waals surface area contributed by atoms with E-state index in [-0.39, 0.29) is 11.9 Å². The number of benzene rings is 1. The first-order valence-corrected chi connectivity index (χ1v) is 9.68. The lowest BCUT2D eigenvalue weighted by molar-refractivity contribution is 0.0705. The molecule has 0 bridgehead atoms. The van der Waals surface area contributed by atoms with Crippen LogP contribution in [0.5, 0.6) is 5.88 Å². The predicted octanol–water partition coefficient (Wildman–Crippen LogP) is 1.29. The minimum Gasteiger partial charge on any atom is -0.481 e. The lowest BCUT2D eigenvalue weighted by Gasteiger charge is -2.44. The number of fused-ring (bicyclic) bond motifs is 2. The fraction of sp³-hybridized carbons (Fsp3) is 0.350. The molecule has 30 heavy (non-hydrogen) atoms. The number of ether oxygens (including phenoxy) is 1. The predicted molar refractivity (Wildman–Crippen MR) is 111 cm³/mol. The Balaban J connectivity index is 1.30. The van der Waals surface area contributed by atoms with E-state index in [0.29, 0.717) is 11.4 Å². The van der Waals surface area contributed by atoms with Crippen LogP contribution in [0.4, 0.5) is 5.82 Å². The van der Waals surface area contributed by atoms with Crippen LogP contribution in [0.25, 0.3) is 16.6 Å². The molecule has 0 N–H and O–H groups in total. The van der Waals surface area contributed by atoms with E-state index in [0.717, 1.165) is 41.3 Å². The van der Waals surface area contributed by atoms with Crippen LogP contribution in [0.2, 0.25) is 0 Å². The molecule has 10 heteroatoms. The van der Waals surface area contributed by atoms with Crippen molar-refractivity contribution in [1.82, 2.24) is 34.5 Å². The molecule has 1 aliphatic heterocycles. The smallest absolute Gasteiger partial charge is 0.254 e. The zero-order valence-corrected chi connectivity index (χ0v) is 17.3. The van der Waals surface area contributed by atoms with E-state index in [1.807, 2.05) is 51.4 Å². The van der Waals surface area contributed by atoms with Crippen molar-refractivity contribution >= 4 is 28.3 Å². The molecule has 1 aliphatic rings. The molecular weight excluding hydrogens is 384 g/mol. The highest BCUT2D eigenvalue weighted by Gasteiger charge is 2.34. The van der Waals surface area contributed by atoms with Gasteiger partial charge in [-0.3, -0.25) is 4.79 Å². The van der Waals surface area contributed by atoms with Gasteiger partial charge in [-0.25, -0.2) is 4.68 Å². The molecule has 4 aromatic rings. The maximum absolute atomic E-state index is 13.0. The maximum Gasteiger partial charge on any atom is 0.254 e. The number of likely N-dealkylation sites (N-methyl/N-ethyl adjacent to an activating group) is 1. The van der Waals surface area contributed by atoms with Gasteiger partial charge in [0.2, 0.25) is 5.88 Å². The molecule has 10 nitrogen and oxygen atoms in total. The monoisotopic (exact) mass is 406 g/mol. The summed E-state index contributed by atoms with van der Waals surface area (Å²) in [7, 11) is 5.28. The Morgan fingerprint density at radius 2 is 1.97 bits per heavy atom. The van der Waals surface area contributed by atoms with Gasteiger partial charge in [-0.2, -0.15) is 9.61 Å². The van der Waals surface area contributed by atoms with E-state index < -0.39 is 0 Å². The molecule has 0 radical (unpaired) electrons. The molecule has 1 fully saturated rings. The molecule has 1 aromatic carbocycles. The van der Waals surface area contributed by atoms with Crippen molar-refractivity contribution in [2.24, 2.45) is 7.05 Å². The van der Waals surface area contributed by atoms with Gasteiger partial charge in [-0.05, 0) is 37.3 Å². The van der Waals surface area contributed by atoms with Crippen LogP contribution in [-0.2, 0) is 7.05 Å².